The van der Waals surface area contributed by atoms with Gasteiger partial charge in [-0.3, -0.25) is 9.59 Å². The van der Waals surface area contributed by atoms with Crippen molar-refractivity contribution in [2.24, 2.45) is 5.14 Å². The normalized spacial score (nSPS) is 12.6. The second kappa shape index (κ2) is 7.88. The van der Waals surface area contributed by atoms with Crippen LogP contribution in [0.4, 0.5) is 0 Å². The lowest BCUT2D eigenvalue weighted by Crippen LogP contribution is -2.31. The molecule has 1 atom stereocenters. The number of hydrogen-bond acceptors (Lipinski definition) is 6. The van der Waals surface area contributed by atoms with Crippen LogP contribution in [0.5, 0.6) is 0 Å². The molecule has 7 nitrogen and oxygen atoms in total. The number of primary sulfonamides is 1. The van der Waals surface area contributed by atoms with Crippen molar-refractivity contribution in [1.82, 2.24) is 10.6 Å². The van der Waals surface area contributed by atoms with Crippen LogP contribution in [0.15, 0.2) is 33.9 Å². The van der Waals surface area contributed by atoms with Crippen LogP contribution >= 0.6 is 22.7 Å². The van der Waals surface area contributed by atoms with Crippen molar-refractivity contribution < 1.29 is 18.0 Å². The van der Waals surface area contributed by atoms with Gasteiger partial charge in [-0.05, 0) is 23.6 Å². The maximum Gasteiger partial charge on any atom is 0.247 e. The Labute approximate surface area is 147 Å². The minimum absolute atomic E-state index is 0.0569. The van der Waals surface area contributed by atoms with Crippen molar-refractivity contribution in [3.63, 3.8) is 0 Å². The van der Waals surface area contributed by atoms with Gasteiger partial charge in [-0.25, -0.2) is 13.6 Å². The Bertz CT molecular complexity index is 812. The summed E-state index contributed by atoms with van der Waals surface area (Å²) in [5.41, 5.74) is 0. The molecule has 0 aromatic carbocycles. The van der Waals surface area contributed by atoms with Crippen LogP contribution in [-0.2, 0) is 26.2 Å². The van der Waals surface area contributed by atoms with E-state index in [1.165, 1.54) is 24.3 Å². The van der Waals surface area contributed by atoms with Gasteiger partial charge >= 0.3 is 0 Å². The molecule has 0 aliphatic heterocycles. The zero-order valence-electron chi connectivity index (χ0n) is 12.8. The largest absolute Gasteiger partial charge is 0.351 e. The van der Waals surface area contributed by atoms with Crippen LogP contribution in [0.25, 0.3) is 0 Å². The SMILES string of the molecule is CC(=O)N[C@@H](CC(=O)NCc1ccc(S(N)(=O)=O)s1)c1cccs1. The van der Waals surface area contributed by atoms with E-state index in [1.54, 1.807) is 6.07 Å². The van der Waals surface area contributed by atoms with Gasteiger partial charge in [0.05, 0.1) is 19.0 Å². The number of rotatable bonds is 7. The third kappa shape index (κ3) is 5.41. The van der Waals surface area contributed by atoms with Crippen molar-refractivity contribution >= 4 is 44.5 Å². The van der Waals surface area contributed by atoms with Crippen LogP contribution in [0, 0.1) is 0 Å². The molecule has 0 bridgehead atoms. The Morgan fingerprint density at radius 1 is 1.29 bits per heavy atom. The van der Waals surface area contributed by atoms with E-state index < -0.39 is 10.0 Å². The van der Waals surface area contributed by atoms with Crippen molar-refractivity contribution in [1.29, 1.82) is 0 Å². The fraction of sp³-hybridized carbons (Fsp3) is 0.286. The fourth-order valence-corrected chi connectivity index (χ4v) is 4.50. The first kappa shape index (κ1) is 18.6. The highest BCUT2D eigenvalue weighted by Gasteiger charge is 2.18. The van der Waals surface area contributed by atoms with Crippen LogP contribution in [0.3, 0.4) is 0 Å². The van der Waals surface area contributed by atoms with Gasteiger partial charge in [0.1, 0.15) is 4.21 Å². The van der Waals surface area contributed by atoms with E-state index in [9.17, 15) is 18.0 Å². The quantitative estimate of drug-likeness (QED) is 0.664. The molecule has 0 saturated carbocycles. The minimum atomic E-state index is -3.72. The molecule has 130 valence electrons. The number of nitrogens with one attached hydrogen (secondary N) is 2. The van der Waals surface area contributed by atoms with E-state index >= 15 is 0 Å². The number of sulfonamides is 1. The van der Waals surface area contributed by atoms with Crippen molar-refractivity contribution in [2.75, 3.05) is 0 Å². The minimum Gasteiger partial charge on any atom is -0.351 e. The van der Waals surface area contributed by atoms with Gasteiger partial charge in [0, 0.05) is 16.7 Å². The molecule has 0 aliphatic carbocycles. The predicted octanol–water partition coefficient (Wildman–Crippen LogP) is 1.34. The molecule has 2 heterocycles. The molecule has 10 heteroatoms. The molecule has 2 amide bonds. The van der Waals surface area contributed by atoms with E-state index in [0.29, 0.717) is 4.88 Å². The molecular weight excluding hydrogens is 370 g/mol. The number of carbonyl (C=O) groups is 2. The average Bonchev–Trinajstić information content (AvgIpc) is 3.15. The monoisotopic (exact) mass is 387 g/mol. The molecule has 2 aromatic rings. The summed E-state index contributed by atoms with van der Waals surface area (Å²) >= 11 is 2.48. The summed E-state index contributed by atoms with van der Waals surface area (Å²) in [6.45, 7) is 1.61. The highest BCUT2D eigenvalue weighted by molar-refractivity contribution is 7.91. The molecule has 2 rings (SSSR count). The third-order valence-corrected chi connectivity index (χ3v) is 6.54. The maximum absolute atomic E-state index is 12.1. The predicted molar refractivity (Wildman–Crippen MR) is 93.0 cm³/mol. The van der Waals surface area contributed by atoms with Gasteiger partial charge in [0.15, 0.2) is 0 Å². The number of nitrogens with two attached hydrogens (primary N) is 1. The van der Waals surface area contributed by atoms with Gasteiger partial charge in [-0.2, -0.15) is 0 Å². The van der Waals surface area contributed by atoms with Gasteiger partial charge in [0.25, 0.3) is 0 Å². The Morgan fingerprint density at radius 2 is 2.04 bits per heavy atom. The molecule has 24 heavy (non-hydrogen) atoms. The lowest BCUT2D eigenvalue weighted by atomic mass is 10.1. The number of carbonyl (C=O) groups excluding carboxylic acids is 2. The zero-order chi connectivity index (χ0) is 17.7. The molecule has 0 fully saturated rings. The van der Waals surface area contributed by atoms with E-state index in [0.717, 1.165) is 16.2 Å². The second-order valence-electron chi connectivity index (χ2n) is 5.02. The standard InChI is InChI=1S/C14H17N3O4S3/c1-9(18)17-11(12-3-2-6-22-12)7-13(19)16-8-10-4-5-14(23-10)24(15,20)21/h2-6,11H,7-8H2,1H3,(H,16,19)(H,17,18)(H2,15,20,21)/t11-/m0/s1. The summed E-state index contributed by atoms with van der Waals surface area (Å²) in [4.78, 5) is 25.0. The summed E-state index contributed by atoms with van der Waals surface area (Å²) in [6.07, 6.45) is 0.105. The highest BCUT2D eigenvalue weighted by atomic mass is 32.2. The van der Waals surface area contributed by atoms with Crippen molar-refractivity contribution in [2.45, 2.75) is 30.1 Å². The second-order valence-corrected chi connectivity index (χ2v) is 8.95. The van der Waals surface area contributed by atoms with Gasteiger partial charge in [0.2, 0.25) is 21.8 Å². The van der Waals surface area contributed by atoms with E-state index in [1.807, 2.05) is 17.5 Å². The average molecular weight is 388 g/mol. The fourth-order valence-electron chi connectivity index (χ4n) is 2.01. The van der Waals surface area contributed by atoms with E-state index in [-0.39, 0.29) is 35.0 Å². The number of thiophene rings is 2. The third-order valence-electron chi connectivity index (χ3n) is 3.03. The van der Waals surface area contributed by atoms with Crippen LogP contribution < -0.4 is 15.8 Å². The van der Waals surface area contributed by atoms with Gasteiger partial charge in [-0.1, -0.05) is 6.07 Å². The molecule has 0 radical (unpaired) electrons. The lowest BCUT2D eigenvalue weighted by molar-refractivity contribution is -0.122. The first-order chi connectivity index (χ1) is 11.3. The Hall–Kier alpha value is -1.75. The summed E-state index contributed by atoms with van der Waals surface area (Å²) in [5.74, 6) is -0.454. The molecule has 0 aliphatic rings. The summed E-state index contributed by atoms with van der Waals surface area (Å²) < 4.78 is 22.5. The Morgan fingerprint density at radius 3 is 2.58 bits per heavy atom. The molecule has 0 unspecified atom stereocenters. The molecule has 0 saturated heterocycles. The Kier molecular flexibility index (Phi) is 6.10. The van der Waals surface area contributed by atoms with Crippen LogP contribution in [0.1, 0.15) is 29.1 Å². The molecular formula is C14H17N3O4S3. The van der Waals surface area contributed by atoms with E-state index in [2.05, 4.69) is 10.6 Å². The van der Waals surface area contributed by atoms with E-state index in [4.69, 9.17) is 5.14 Å². The lowest BCUT2D eigenvalue weighted by Gasteiger charge is -2.16. The molecule has 0 spiro atoms. The number of amides is 2. The first-order valence-corrected chi connectivity index (χ1v) is 10.2. The smallest absolute Gasteiger partial charge is 0.247 e. The van der Waals surface area contributed by atoms with Crippen molar-refractivity contribution in [3.8, 4) is 0 Å². The maximum atomic E-state index is 12.1. The Balaban J connectivity index is 1.94. The van der Waals surface area contributed by atoms with Crippen LogP contribution in [-0.4, -0.2) is 20.2 Å². The topological polar surface area (TPSA) is 118 Å². The molecule has 2 aromatic heterocycles. The first-order valence-electron chi connectivity index (χ1n) is 6.94. The zero-order valence-corrected chi connectivity index (χ0v) is 15.3. The van der Waals surface area contributed by atoms with Gasteiger partial charge < -0.3 is 10.6 Å². The number of hydrogen-bond donors (Lipinski definition) is 3. The van der Waals surface area contributed by atoms with Crippen LogP contribution in [0.2, 0.25) is 0 Å². The highest BCUT2D eigenvalue weighted by Crippen LogP contribution is 2.23. The summed E-state index contributed by atoms with van der Waals surface area (Å²) in [7, 11) is -3.72. The van der Waals surface area contributed by atoms with Gasteiger partial charge in [-0.15, -0.1) is 22.7 Å². The van der Waals surface area contributed by atoms with Crippen molar-refractivity contribution in [3.05, 3.63) is 39.4 Å². The summed E-state index contributed by atoms with van der Waals surface area (Å²) in [5, 5.41) is 12.4. The molecule has 4 N–H and O–H groups in total. The summed E-state index contributed by atoms with van der Waals surface area (Å²) in [6, 6.07) is 6.34.